The zero-order chi connectivity index (χ0) is 13.7. The largest absolute Gasteiger partial charge is 0.481 e. The van der Waals surface area contributed by atoms with E-state index in [1.165, 1.54) is 5.56 Å². The van der Waals surface area contributed by atoms with Gasteiger partial charge in [0.25, 0.3) is 0 Å². The first-order valence-corrected chi connectivity index (χ1v) is 6.53. The average Bonchev–Trinajstić information content (AvgIpc) is 2.45. The average molecular weight is 256 g/mol. The second kappa shape index (κ2) is 6.23. The molecule has 1 aromatic heterocycles. The van der Waals surface area contributed by atoms with Crippen molar-refractivity contribution in [2.75, 3.05) is 12.4 Å². The Morgan fingerprint density at radius 1 is 1.16 bits per heavy atom. The van der Waals surface area contributed by atoms with Gasteiger partial charge >= 0.3 is 0 Å². The van der Waals surface area contributed by atoms with Crippen molar-refractivity contribution >= 4 is 5.69 Å². The third-order valence-electron chi connectivity index (χ3n) is 3.02. The number of pyridine rings is 1. The van der Waals surface area contributed by atoms with Gasteiger partial charge in [0, 0.05) is 11.8 Å². The molecule has 0 aliphatic heterocycles. The first-order valence-electron chi connectivity index (χ1n) is 6.53. The smallest absolute Gasteiger partial charge is 0.213 e. The molecule has 0 aliphatic rings. The van der Waals surface area contributed by atoms with Crippen LogP contribution in [-0.2, 0) is 6.54 Å². The van der Waals surface area contributed by atoms with Gasteiger partial charge in [-0.1, -0.05) is 32.0 Å². The molecule has 0 bridgehead atoms. The summed E-state index contributed by atoms with van der Waals surface area (Å²) in [6.07, 6.45) is 0. The van der Waals surface area contributed by atoms with E-state index in [9.17, 15) is 0 Å². The van der Waals surface area contributed by atoms with Crippen LogP contribution in [0.3, 0.4) is 0 Å². The minimum Gasteiger partial charge on any atom is -0.481 e. The maximum atomic E-state index is 5.12. The van der Waals surface area contributed by atoms with E-state index in [1.54, 1.807) is 7.11 Å². The molecule has 3 heteroatoms. The number of hydrogen-bond acceptors (Lipinski definition) is 3. The predicted octanol–water partition coefficient (Wildman–Crippen LogP) is 3.83. The number of hydrogen-bond donors (Lipinski definition) is 1. The normalized spacial score (nSPS) is 10.5. The molecule has 0 amide bonds. The van der Waals surface area contributed by atoms with Gasteiger partial charge in [0.05, 0.1) is 19.3 Å². The van der Waals surface area contributed by atoms with Crippen molar-refractivity contribution in [1.82, 2.24) is 4.98 Å². The molecule has 0 aliphatic carbocycles. The van der Waals surface area contributed by atoms with Crippen LogP contribution in [-0.4, -0.2) is 12.1 Å². The fourth-order valence-electron chi connectivity index (χ4n) is 1.87. The lowest BCUT2D eigenvalue weighted by Crippen LogP contribution is -2.03. The zero-order valence-corrected chi connectivity index (χ0v) is 11.7. The zero-order valence-electron chi connectivity index (χ0n) is 11.7. The van der Waals surface area contributed by atoms with Gasteiger partial charge in [-0.25, -0.2) is 4.98 Å². The second-order valence-corrected chi connectivity index (χ2v) is 4.81. The van der Waals surface area contributed by atoms with Crippen molar-refractivity contribution in [2.45, 2.75) is 26.3 Å². The van der Waals surface area contributed by atoms with Gasteiger partial charge in [-0.15, -0.1) is 0 Å². The molecule has 0 spiro atoms. The third-order valence-corrected chi connectivity index (χ3v) is 3.02. The standard InChI is InChI=1S/C16H20N2O/c1-12(2)13-6-4-7-14(10-13)17-11-15-8-5-9-16(18-15)19-3/h4-10,12,17H,11H2,1-3H3. The Morgan fingerprint density at radius 3 is 2.68 bits per heavy atom. The van der Waals surface area contributed by atoms with Crippen molar-refractivity contribution in [3.8, 4) is 5.88 Å². The maximum Gasteiger partial charge on any atom is 0.213 e. The number of benzene rings is 1. The minimum atomic E-state index is 0.539. The molecule has 1 heterocycles. The summed E-state index contributed by atoms with van der Waals surface area (Å²) in [6.45, 7) is 5.09. The van der Waals surface area contributed by atoms with Gasteiger partial charge in [0.2, 0.25) is 5.88 Å². The maximum absolute atomic E-state index is 5.12. The van der Waals surface area contributed by atoms with E-state index in [2.05, 4.69) is 48.4 Å². The van der Waals surface area contributed by atoms with E-state index in [1.807, 2.05) is 18.2 Å². The van der Waals surface area contributed by atoms with E-state index in [0.717, 1.165) is 11.4 Å². The Hall–Kier alpha value is -2.03. The Balaban J connectivity index is 2.03. The van der Waals surface area contributed by atoms with Crippen LogP contribution in [0.5, 0.6) is 5.88 Å². The topological polar surface area (TPSA) is 34.1 Å². The van der Waals surface area contributed by atoms with Crippen molar-refractivity contribution in [2.24, 2.45) is 0 Å². The van der Waals surface area contributed by atoms with Crippen LogP contribution in [0.1, 0.15) is 31.0 Å². The van der Waals surface area contributed by atoms with E-state index >= 15 is 0 Å². The highest BCUT2D eigenvalue weighted by atomic mass is 16.5. The second-order valence-electron chi connectivity index (χ2n) is 4.81. The lowest BCUT2D eigenvalue weighted by Gasteiger charge is -2.10. The molecule has 3 nitrogen and oxygen atoms in total. The molecule has 1 N–H and O–H groups in total. The number of nitrogens with one attached hydrogen (secondary N) is 1. The molecular formula is C16H20N2O. The van der Waals surface area contributed by atoms with Crippen molar-refractivity contribution < 1.29 is 4.74 Å². The summed E-state index contributed by atoms with van der Waals surface area (Å²) < 4.78 is 5.12. The Kier molecular flexibility index (Phi) is 4.39. The summed E-state index contributed by atoms with van der Waals surface area (Å²) in [7, 11) is 1.63. The Labute approximate surface area is 114 Å². The number of ether oxygens (including phenoxy) is 1. The Bertz CT molecular complexity index is 538. The van der Waals surface area contributed by atoms with E-state index in [-0.39, 0.29) is 0 Å². The van der Waals surface area contributed by atoms with Crippen LogP contribution >= 0.6 is 0 Å². The molecule has 1 aromatic carbocycles. The van der Waals surface area contributed by atoms with Crippen molar-refractivity contribution in [3.63, 3.8) is 0 Å². The Morgan fingerprint density at radius 2 is 1.95 bits per heavy atom. The summed E-state index contributed by atoms with van der Waals surface area (Å²) in [4.78, 5) is 4.38. The number of aromatic nitrogens is 1. The molecule has 0 atom stereocenters. The van der Waals surface area contributed by atoms with E-state index in [0.29, 0.717) is 18.3 Å². The minimum absolute atomic E-state index is 0.539. The van der Waals surface area contributed by atoms with Gasteiger partial charge in [-0.05, 0) is 29.7 Å². The molecule has 0 radical (unpaired) electrons. The van der Waals surface area contributed by atoms with E-state index < -0.39 is 0 Å². The summed E-state index contributed by atoms with van der Waals surface area (Å²) >= 11 is 0. The summed E-state index contributed by atoms with van der Waals surface area (Å²) in [5.74, 6) is 1.19. The molecule has 19 heavy (non-hydrogen) atoms. The number of methoxy groups -OCH3 is 1. The van der Waals surface area contributed by atoms with Crippen LogP contribution in [0.2, 0.25) is 0 Å². The van der Waals surface area contributed by atoms with Gasteiger partial charge in [0.1, 0.15) is 0 Å². The SMILES string of the molecule is COc1cccc(CNc2cccc(C(C)C)c2)n1. The first kappa shape index (κ1) is 13.4. The van der Waals surface area contributed by atoms with Gasteiger partial charge in [-0.3, -0.25) is 0 Å². The van der Waals surface area contributed by atoms with Crippen LogP contribution in [0.25, 0.3) is 0 Å². The predicted molar refractivity (Wildman–Crippen MR) is 78.6 cm³/mol. The molecule has 0 fully saturated rings. The first-order chi connectivity index (χ1) is 9.19. The number of rotatable bonds is 5. The highest BCUT2D eigenvalue weighted by Crippen LogP contribution is 2.19. The monoisotopic (exact) mass is 256 g/mol. The van der Waals surface area contributed by atoms with Crippen LogP contribution in [0.4, 0.5) is 5.69 Å². The highest BCUT2D eigenvalue weighted by molar-refractivity contribution is 5.46. The fraction of sp³-hybridized carbons (Fsp3) is 0.312. The van der Waals surface area contributed by atoms with Gasteiger partial charge in [0.15, 0.2) is 0 Å². The highest BCUT2D eigenvalue weighted by Gasteiger charge is 2.01. The molecule has 0 saturated heterocycles. The summed E-state index contributed by atoms with van der Waals surface area (Å²) in [5, 5.41) is 3.39. The van der Waals surface area contributed by atoms with E-state index in [4.69, 9.17) is 4.74 Å². The van der Waals surface area contributed by atoms with Gasteiger partial charge < -0.3 is 10.1 Å². The quantitative estimate of drug-likeness (QED) is 0.883. The lowest BCUT2D eigenvalue weighted by atomic mass is 10.0. The third kappa shape index (κ3) is 3.71. The molecule has 2 rings (SSSR count). The number of nitrogens with zero attached hydrogens (tertiary/aromatic N) is 1. The molecule has 0 unspecified atom stereocenters. The number of anilines is 1. The molecular weight excluding hydrogens is 236 g/mol. The van der Waals surface area contributed by atoms with Crippen LogP contribution in [0.15, 0.2) is 42.5 Å². The van der Waals surface area contributed by atoms with Crippen LogP contribution < -0.4 is 10.1 Å². The molecule has 0 saturated carbocycles. The molecule has 2 aromatic rings. The fourth-order valence-corrected chi connectivity index (χ4v) is 1.87. The summed E-state index contributed by atoms with van der Waals surface area (Å²) in [5.41, 5.74) is 3.42. The van der Waals surface area contributed by atoms with Crippen molar-refractivity contribution in [1.29, 1.82) is 0 Å². The van der Waals surface area contributed by atoms with Crippen LogP contribution in [0, 0.1) is 0 Å². The lowest BCUT2D eigenvalue weighted by molar-refractivity contribution is 0.396. The molecule has 100 valence electrons. The summed E-state index contributed by atoms with van der Waals surface area (Å²) in [6, 6.07) is 14.3. The van der Waals surface area contributed by atoms with Crippen molar-refractivity contribution in [3.05, 3.63) is 53.7 Å². The van der Waals surface area contributed by atoms with Gasteiger partial charge in [-0.2, -0.15) is 0 Å².